The van der Waals surface area contributed by atoms with Crippen LogP contribution in [-0.2, 0) is 0 Å². The standard InChI is InChI=1S/C14H24N2S/c1-4-16-8-5-13(6-9-16)15-12(3)14-11(2)7-10-17-14/h7,10,12-13,15H,4-6,8-9H2,1-3H3. The quantitative estimate of drug-likeness (QED) is 0.885. The molecule has 1 N–H and O–H groups in total. The van der Waals surface area contributed by atoms with Crippen molar-refractivity contribution in [3.8, 4) is 0 Å². The Kier molecular flexibility index (Phi) is 4.60. The van der Waals surface area contributed by atoms with E-state index < -0.39 is 0 Å². The van der Waals surface area contributed by atoms with E-state index in [9.17, 15) is 0 Å². The summed E-state index contributed by atoms with van der Waals surface area (Å²) in [6.45, 7) is 10.5. The maximum atomic E-state index is 3.79. The molecule has 0 amide bonds. The third kappa shape index (κ3) is 3.30. The van der Waals surface area contributed by atoms with Gasteiger partial charge in [0.1, 0.15) is 0 Å². The maximum Gasteiger partial charge on any atom is 0.0390 e. The minimum Gasteiger partial charge on any atom is -0.307 e. The van der Waals surface area contributed by atoms with Crippen LogP contribution < -0.4 is 5.32 Å². The summed E-state index contributed by atoms with van der Waals surface area (Å²) in [7, 11) is 0. The summed E-state index contributed by atoms with van der Waals surface area (Å²) >= 11 is 1.88. The van der Waals surface area contributed by atoms with Crippen LogP contribution in [0.4, 0.5) is 0 Å². The molecule has 1 fully saturated rings. The Bertz CT molecular complexity index is 340. The predicted octanol–water partition coefficient (Wildman–Crippen LogP) is 3.19. The van der Waals surface area contributed by atoms with Crippen molar-refractivity contribution in [1.82, 2.24) is 10.2 Å². The Labute approximate surface area is 109 Å². The van der Waals surface area contributed by atoms with Crippen molar-refractivity contribution in [1.29, 1.82) is 0 Å². The molecule has 1 aromatic heterocycles. The second-order valence-corrected chi connectivity index (χ2v) is 6.01. The number of piperidine rings is 1. The zero-order valence-corrected chi connectivity index (χ0v) is 12.0. The number of thiophene rings is 1. The van der Waals surface area contributed by atoms with Crippen molar-refractivity contribution in [3.05, 3.63) is 21.9 Å². The van der Waals surface area contributed by atoms with Gasteiger partial charge in [0.05, 0.1) is 0 Å². The normalized spacial score (nSPS) is 20.6. The fraction of sp³-hybridized carbons (Fsp3) is 0.714. The number of rotatable bonds is 4. The Balaban J connectivity index is 1.84. The molecule has 0 saturated carbocycles. The largest absolute Gasteiger partial charge is 0.307 e. The molecule has 1 saturated heterocycles. The Morgan fingerprint density at radius 2 is 2.18 bits per heavy atom. The molecule has 17 heavy (non-hydrogen) atoms. The highest BCUT2D eigenvalue weighted by atomic mass is 32.1. The minimum atomic E-state index is 0.508. The van der Waals surface area contributed by atoms with Gasteiger partial charge in [0.2, 0.25) is 0 Å². The summed E-state index contributed by atoms with van der Waals surface area (Å²) in [5, 5.41) is 5.99. The molecular formula is C14H24N2S. The molecule has 1 unspecified atom stereocenters. The Hall–Kier alpha value is -0.380. The average Bonchev–Trinajstić information content (AvgIpc) is 2.76. The van der Waals surface area contributed by atoms with Crippen LogP contribution in [0.2, 0.25) is 0 Å². The second-order valence-electron chi connectivity index (χ2n) is 5.06. The maximum absolute atomic E-state index is 3.79. The molecule has 0 bridgehead atoms. The molecule has 1 aromatic rings. The van der Waals surface area contributed by atoms with Crippen LogP contribution in [0.15, 0.2) is 11.4 Å². The van der Waals surface area contributed by atoms with E-state index in [-0.39, 0.29) is 0 Å². The summed E-state index contributed by atoms with van der Waals surface area (Å²) in [4.78, 5) is 4.04. The fourth-order valence-corrected chi connectivity index (χ4v) is 3.62. The zero-order chi connectivity index (χ0) is 12.3. The molecule has 2 nitrogen and oxygen atoms in total. The van der Waals surface area contributed by atoms with Crippen LogP contribution in [0.3, 0.4) is 0 Å². The molecule has 0 aromatic carbocycles. The van der Waals surface area contributed by atoms with Crippen molar-refractivity contribution in [2.45, 2.75) is 45.7 Å². The molecule has 1 aliphatic rings. The fourth-order valence-electron chi connectivity index (χ4n) is 2.67. The summed E-state index contributed by atoms with van der Waals surface area (Å²) < 4.78 is 0. The lowest BCUT2D eigenvalue weighted by Gasteiger charge is -2.33. The zero-order valence-electron chi connectivity index (χ0n) is 11.2. The third-order valence-electron chi connectivity index (χ3n) is 3.82. The predicted molar refractivity (Wildman–Crippen MR) is 75.7 cm³/mol. The average molecular weight is 252 g/mol. The first-order chi connectivity index (χ1) is 8.20. The number of nitrogens with one attached hydrogen (secondary N) is 1. The van der Waals surface area contributed by atoms with Gasteiger partial charge in [-0.3, -0.25) is 0 Å². The smallest absolute Gasteiger partial charge is 0.0390 e. The Morgan fingerprint density at radius 3 is 2.71 bits per heavy atom. The first-order valence-corrected chi connectivity index (χ1v) is 7.61. The lowest BCUT2D eigenvalue weighted by molar-refractivity contribution is 0.200. The first kappa shape index (κ1) is 13.1. The highest BCUT2D eigenvalue weighted by molar-refractivity contribution is 7.10. The number of aryl methyl sites for hydroxylation is 1. The van der Waals surface area contributed by atoms with Gasteiger partial charge in [-0.05, 0) is 63.3 Å². The van der Waals surface area contributed by atoms with E-state index in [1.807, 2.05) is 11.3 Å². The van der Waals surface area contributed by atoms with Gasteiger partial charge >= 0.3 is 0 Å². The molecule has 0 spiro atoms. The van der Waals surface area contributed by atoms with Crippen molar-refractivity contribution in [2.75, 3.05) is 19.6 Å². The monoisotopic (exact) mass is 252 g/mol. The van der Waals surface area contributed by atoms with Crippen LogP contribution in [0.25, 0.3) is 0 Å². The van der Waals surface area contributed by atoms with Crippen molar-refractivity contribution in [3.63, 3.8) is 0 Å². The van der Waals surface area contributed by atoms with Crippen LogP contribution in [-0.4, -0.2) is 30.6 Å². The van der Waals surface area contributed by atoms with Crippen LogP contribution in [0.1, 0.15) is 43.2 Å². The topological polar surface area (TPSA) is 15.3 Å². The molecule has 2 heterocycles. The molecule has 2 rings (SSSR count). The molecule has 0 aliphatic carbocycles. The second kappa shape index (κ2) is 5.98. The van der Waals surface area contributed by atoms with E-state index in [2.05, 4.69) is 42.4 Å². The van der Waals surface area contributed by atoms with Gasteiger partial charge in [-0.25, -0.2) is 0 Å². The molecule has 1 aliphatic heterocycles. The summed E-state index contributed by atoms with van der Waals surface area (Å²) in [6, 6.07) is 3.43. The minimum absolute atomic E-state index is 0.508. The molecular weight excluding hydrogens is 228 g/mol. The molecule has 96 valence electrons. The molecule has 0 radical (unpaired) electrons. The van der Waals surface area contributed by atoms with Crippen LogP contribution in [0.5, 0.6) is 0 Å². The summed E-state index contributed by atoms with van der Waals surface area (Å²) in [5.74, 6) is 0. The van der Waals surface area contributed by atoms with Gasteiger partial charge in [-0.15, -0.1) is 11.3 Å². The number of hydrogen-bond acceptors (Lipinski definition) is 3. The van der Waals surface area contributed by atoms with Gasteiger partial charge < -0.3 is 10.2 Å². The van der Waals surface area contributed by atoms with Crippen LogP contribution in [0, 0.1) is 6.92 Å². The molecule has 1 atom stereocenters. The van der Waals surface area contributed by atoms with Gasteiger partial charge in [-0.2, -0.15) is 0 Å². The highest BCUT2D eigenvalue weighted by Crippen LogP contribution is 2.25. The van der Waals surface area contributed by atoms with Gasteiger partial charge in [0.15, 0.2) is 0 Å². The molecule has 3 heteroatoms. The van der Waals surface area contributed by atoms with E-state index in [1.54, 1.807) is 0 Å². The number of hydrogen-bond donors (Lipinski definition) is 1. The van der Waals surface area contributed by atoms with Crippen molar-refractivity contribution >= 4 is 11.3 Å². The third-order valence-corrected chi connectivity index (χ3v) is 5.02. The van der Waals surface area contributed by atoms with E-state index in [1.165, 1.54) is 42.9 Å². The lowest BCUT2D eigenvalue weighted by Crippen LogP contribution is -2.43. The summed E-state index contributed by atoms with van der Waals surface area (Å²) in [5.41, 5.74) is 1.43. The van der Waals surface area contributed by atoms with E-state index in [0.29, 0.717) is 12.1 Å². The van der Waals surface area contributed by atoms with Crippen molar-refractivity contribution < 1.29 is 0 Å². The van der Waals surface area contributed by atoms with Gasteiger partial charge in [0.25, 0.3) is 0 Å². The SMILES string of the molecule is CCN1CCC(NC(C)c2sccc2C)CC1. The van der Waals surface area contributed by atoms with Crippen LogP contribution >= 0.6 is 11.3 Å². The Morgan fingerprint density at radius 1 is 1.47 bits per heavy atom. The first-order valence-electron chi connectivity index (χ1n) is 6.73. The number of nitrogens with zero attached hydrogens (tertiary/aromatic N) is 1. The van der Waals surface area contributed by atoms with E-state index >= 15 is 0 Å². The van der Waals surface area contributed by atoms with Gasteiger partial charge in [0, 0.05) is 17.0 Å². The van der Waals surface area contributed by atoms with Gasteiger partial charge in [-0.1, -0.05) is 6.92 Å². The lowest BCUT2D eigenvalue weighted by atomic mass is 10.0. The number of likely N-dealkylation sites (tertiary alicyclic amines) is 1. The summed E-state index contributed by atoms with van der Waals surface area (Å²) in [6.07, 6.45) is 2.59. The highest BCUT2D eigenvalue weighted by Gasteiger charge is 2.20. The van der Waals surface area contributed by atoms with E-state index in [4.69, 9.17) is 0 Å². The van der Waals surface area contributed by atoms with E-state index in [0.717, 1.165) is 0 Å². The van der Waals surface area contributed by atoms with Crippen molar-refractivity contribution in [2.24, 2.45) is 0 Å².